The summed E-state index contributed by atoms with van der Waals surface area (Å²) in [6.07, 6.45) is 3.76. The number of benzene rings is 1. The summed E-state index contributed by atoms with van der Waals surface area (Å²) < 4.78 is 5.78. The van der Waals surface area contributed by atoms with Crippen LogP contribution in [0.25, 0.3) is 0 Å². The van der Waals surface area contributed by atoms with Crippen LogP contribution in [0.5, 0.6) is 5.75 Å². The molecule has 5 heteroatoms. The van der Waals surface area contributed by atoms with Crippen LogP contribution in [-0.2, 0) is 16.8 Å². The standard InChI is InChI=1S/C22H34N2O3/c1-21(2,3)16-6-5-15(18(11-16)27-14-20(23)26)13-24-10-9-22(4)12-17(25)7-8-19(22)24/h5-6,11,17,19,25H,7-10,12-14H2,1-4H3,(H2,23,26)/t17-,19-,22+/m1/s1. The van der Waals surface area contributed by atoms with Gasteiger partial charge in [0.05, 0.1) is 6.10 Å². The summed E-state index contributed by atoms with van der Waals surface area (Å²) in [7, 11) is 0. The Morgan fingerprint density at radius 3 is 2.78 bits per heavy atom. The first kappa shape index (κ1) is 20.2. The van der Waals surface area contributed by atoms with E-state index in [2.05, 4.69) is 50.8 Å². The van der Waals surface area contributed by atoms with E-state index in [4.69, 9.17) is 10.5 Å². The molecule has 1 aromatic rings. The number of primary amides is 1. The Labute approximate surface area is 162 Å². The Balaban J connectivity index is 1.82. The SMILES string of the molecule is CC(C)(C)c1ccc(CN2CC[C@@]3(C)C[C@H](O)CC[C@@H]23)c(OCC(N)=O)c1. The number of fused-ring (bicyclic) bond motifs is 1. The molecule has 1 saturated heterocycles. The highest BCUT2D eigenvalue weighted by atomic mass is 16.5. The van der Waals surface area contributed by atoms with Gasteiger partial charge in [-0.15, -0.1) is 0 Å². The minimum Gasteiger partial charge on any atom is -0.483 e. The number of nitrogens with zero attached hydrogens (tertiary/aromatic N) is 1. The summed E-state index contributed by atoms with van der Waals surface area (Å²) in [6.45, 7) is 10.5. The molecule has 150 valence electrons. The number of carbonyl (C=O) groups is 1. The van der Waals surface area contributed by atoms with Gasteiger partial charge in [0.25, 0.3) is 5.91 Å². The van der Waals surface area contributed by atoms with Crippen molar-refractivity contribution in [3.8, 4) is 5.75 Å². The average Bonchev–Trinajstić information content (AvgIpc) is 2.88. The number of hydrogen-bond acceptors (Lipinski definition) is 4. The molecule has 3 atom stereocenters. The molecule has 2 aliphatic rings. The third-order valence-electron chi connectivity index (χ3n) is 6.37. The van der Waals surface area contributed by atoms with Crippen molar-refractivity contribution in [3.63, 3.8) is 0 Å². The fourth-order valence-corrected chi connectivity index (χ4v) is 4.76. The second kappa shape index (κ2) is 7.44. The number of nitrogens with two attached hydrogens (primary N) is 1. The van der Waals surface area contributed by atoms with Crippen LogP contribution in [0.1, 0.15) is 64.5 Å². The molecule has 3 N–H and O–H groups in total. The lowest BCUT2D eigenvalue weighted by Crippen LogP contribution is -2.43. The Kier molecular flexibility index (Phi) is 5.55. The van der Waals surface area contributed by atoms with E-state index in [-0.39, 0.29) is 23.5 Å². The number of aliphatic hydroxyl groups excluding tert-OH is 1. The molecule has 27 heavy (non-hydrogen) atoms. The van der Waals surface area contributed by atoms with Gasteiger partial charge < -0.3 is 15.6 Å². The van der Waals surface area contributed by atoms with Crippen molar-refractivity contribution < 1.29 is 14.6 Å². The normalized spacial score (nSPS) is 28.8. The number of aliphatic hydroxyl groups is 1. The van der Waals surface area contributed by atoms with Crippen molar-refractivity contribution in [1.29, 1.82) is 0 Å². The zero-order valence-electron chi connectivity index (χ0n) is 17.1. The Morgan fingerprint density at radius 1 is 1.37 bits per heavy atom. The number of likely N-dealkylation sites (tertiary alicyclic amines) is 1. The van der Waals surface area contributed by atoms with Crippen molar-refractivity contribution in [2.75, 3.05) is 13.2 Å². The predicted molar refractivity (Wildman–Crippen MR) is 107 cm³/mol. The molecule has 1 aromatic carbocycles. The molecule has 1 heterocycles. The second-order valence-electron chi connectivity index (χ2n) is 9.65. The number of ether oxygens (including phenoxy) is 1. The minimum atomic E-state index is -0.461. The molecule has 2 fully saturated rings. The summed E-state index contributed by atoms with van der Waals surface area (Å²) in [5, 5.41) is 10.1. The highest BCUT2D eigenvalue weighted by Gasteiger charge is 2.47. The van der Waals surface area contributed by atoms with Gasteiger partial charge >= 0.3 is 0 Å². The maximum absolute atomic E-state index is 11.2. The van der Waals surface area contributed by atoms with Crippen LogP contribution < -0.4 is 10.5 Å². The number of hydrogen-bond donors (Lipinski definition) is 2. The lowest BCUT2D eigenvalue weighted by Gasteiger charge is -2.41. The highest BCUT2D eigenvalue weighted by Crippen LogP contribution is 2.47. The molecule has 0 unspecified atom stereocenters. The average molecular weight is 375 g/mol. The van der Waals surface area contributed by atoms with Crippen molar-refractivity contribution in [2.45, 2.75) is 77.5 Å². The van der Waals surface area contributed by atoms with Gasteiger partial charge in [-0.1, -0.05) is 39.8 Å². The molecule has 3 rings (SSSR count). The van der Waals surface area contributed by atoms with E-state index in [1.165, 1.54) is 5.56 Å². The summed E-state index contributed by atoms with van der Waals surface area (Å²) in [4.78, 5) is 13.8. The Morgan fingerprint density at radius 2 is 2.11 bits per heavy atom. The predicted octanol–water partition coefficient (Wildman–Crippen LogP) is 2.97. The maximum Gasteiger partial charge on any atom is 0.255 e. The largest absolute Gasteiger partial charge is 0.483 e. The zero-order chi connectivity index (χ0) is 19.8. The molecule has 5 nitrogen and oxygen atoms in total. The van der Waals surface area contributed by atoms with E-state index in [1.54, 1.807) is 0 Å². The van der Waals surface area contributed by atoms with Gasteiger partial charge in [0.1, 0.15) is 5.75 Å². The molecular weight excluding hydrogens is 340 g/mol. The van der Waals surface area contributed by atoms with Gasteiger partial charge in [0.15, 0.2) is 6.61 Å². The quantitative estimate of drug-likeness (QED) is 0.831. The topological polar surface area (TPSA) is 75.8 Å². The van der Waals surface area contributed by atoms with E-state index < -0.39 is 5.91 Å². The van der Waals surface area contributed by atoms with Gasteiger partial charge in [-0.2, -0.15) is 0 Å². The van der Waals surface area contributed by atoms with Crippen molar-refractivity contribution in [3.05, 3.63) is 29.3 Å². The Hall–Kier alpha value is -1.59. The van der Waals surface area contributed by atoms with Crippen LogP contribution in [0, 0.1) is 5.41 Å². The fourth-order valence-electron chi connectivity index (χ4n) is 4.76. The molecule has 1 amide bonds. The molecule has 1 aliphatic heterocycles. The Bertz CT molecular complexity index is 697. The van der Waals surface area contributed by atoms with E-state index >= 15 is 0 Å². The molecular formula is C22H34N2O3. The summed E-state index contributed by atoms with van der Waals surface area (Å²) in [5.41, 5.74) is 7.77. The fraction of sp³-hybridized carbons (Fsp3) is 0.682. The maximum atomic E-state index is 11.2. The van der Waals surface area contributed by atoms with Crippen LogP contribution in [0.15, 0.2) is 18.2 Å². The minimum absolute atomic E-state index is 0.00902. The number of rotatable bonds is 5. The van der Waals surface area contributed by atoms with Crippen molar-refractivity contribution >= 4 is 5.91 Å². The van der Waals surface area contributed by atoms with Crippen LogP contribution in [-0.4, -0.2) is 41.2 Å². The highest BCUT2D eigenvalue weighted by molar-refractivity contribution is 5.75. The molecule has 0 radical (unpaired) electrons. The van der Waals surface area contributed by atoms with Gasteiger partial charge in [0, 0.05) is 18.2 Å². The first-order valence-corrected chi connectivity index (χ1v) is 10.1. The lowest BCUT2D eigenvalue weighted by atomic mass is 9.71. The summed E-state index contributed by atoms with van der Waals surface area (Å²) in [6, 6.07) is 6.83. The van der Waals surface area contributed by atoms with Gasteiger partial charge in [-0.25, -0.2) is 0 Å². The monoisotopic (exact) mass is 374 g/mol. The third-order valence-corrected chi connectivity index (χ3v) is 6.37. The second-order valence-corrected chi connectivity index (χ2v) is 9.65. The molecule has 1 aliphatic carbocycles. The van der Waals surface area contributed by atoms with Gasteiger partial charge in [0.2, 0.25) is 0 Å². The lowest BCUT2D eigenvalue weighted by molar-refractivity contribution is -0.119. The smallest absolute Gasteiger partial charge is 0.255 e. The first-order chi connectivity index (χ1) is 12.6. The molecule has 1 saturated carbocycles. The van der Waals surface area contributed by atoms with Gasteiger partial charge in [-0.05, 0) is 54.7 Å². The van der Waals surface area contributed by atoms with E-state index in [1.807, 2.05) is 0 Å². The molecule has 0 spiro atoms. The van der Waals surface area contributed by atoms with Crippen molar-refractivity contribution in [2.24, 2.45) is 11.1 Å². The van der Waals surface area contributed by atoms with E-state index in [0.29, 0.717) is 6.04 Å². The van der Waals surface area contributed by atoms with Crippen LogP contribution in [0.3, 0.4) is 0 Å². The third kappa shape index (κ3) is 4.46. The summed E-state index contributed by atoms with van der Waals surface area (Å²) >= 11 is 0. The molecule has 0 aromatic heterocycles. The van der Waals surface area contributed by atoms with Crippen LogP contribution in [0.2, 0.25) is 0 Å². The number of carbonyl (C=O) groups excluding carboxylic acids is 1. The number of amides is 1. The van der Waals surface area contributed by atoms with Crippen molar-refractivity contribution in [1.82, 2.24) is 4.90 Å². The zero-order valence-corrected chi connectivity index (χ0v) is 17.1. The van der Waals surface area contributed by atoms with Crippen LogP contribution >= 0.6 is 0 Å². The first-order valence-electron chi connectivity index (χ1n) is 10.1. The van der Waals surface area contributed by atoms with E-state index in [0.717, 1.165) is 50.1 Å². The van der Waals surface area contributed by atoms with Crippen LogP contribution in [0.4, 0.5) is 0 Å². The summed E-state index contributed by atoms with van der Waals surface area (Å²) in [5.74, 6) is 0.294. The van der Waals surface area contributed by atoms with Gasteiger partial charge in [-0.3, -0.25) is 9.69 Å². The molecule has 0 bridgehead atoms. The van der Waals surface area contributed by atoms with E-state index in [9.17, 15) is 9.90 Å².